The monoisotopic (exact) mass is 330 g/mol. The molecule has 122 valence electrons. The van der Waals surface area contributed by atoms with Crippen LogP contribution in [0.5, 0.6) is 0 Å². The van der Waals surface area contributed by atoms with E-state index in [1.165, 1.54) is 22.5 Å². The lowest BCUT2D eigenvalue weighted by molar-refractivity contribution is -0.840. The highest BCUT2D eigenvalue weighted by Crippen LogP contribution is 2.37. The predicted molar refractivity (Wildman–Crippen MR) is 97.3 cm³/mol. The maximum Gasteiger partial charge on any atom is 0.0797 e. The van der Waals surface area contributed by atoms with Gasteiger partial charge < -0.3 is 14.8 Å². The van der Waals surface area contributed by atoms with Gasteiger partial charge in [0.1, 0.15) is 0 Å². The van der Waals surface area contributed by atoms with Gasteiger partial charge in [-0.3, -0.25) is 0 Å². The average molecular weight is 331 g/mol. The van der Waals surface area contributed by atoms with Crippen LogP contribution in [-0.2, 0) is 12.8 Å². The molecule has 0 radical (unpaired) electrons. The first-order chi connectivity index (χ1) is 10.9. The van der Waals surface area contributed by atoms with E-state index in [0.717, 1.165) is 30.8 Å². The number of rotatable bonds is 4. The molecule has 3 nitrogen and oxygen atoms in total. The number of halogens is 1. The molecule has 0 unspecified atom stereocenters. The van der Waals surface area contributed by atoms with Gasteiger partial charge in [0.25, 0.3) is 0 Å². The lowest BCUT2D eigenvalue weighted by Crippen LogP contribution is -2.35. The van der Waals surface area contributed by atoms with Crippen LogP contribution in [-0.4, -0.2) is 31.8 Å². The molecule has 23 heavy (non-hydrogen) atoms. The Labute approximate surface area is 143 Å². The molecule has 0 fully saturated rings. The first-order valence-corrected chi connectivity index (χ1v) is 8.50. The molecule has 0 aromatic heterocycles. The van der Waals surface area contributed by atoms with Gasteiger partial charge in [-0.2, -0.15) is 0 Å². The third-order valence-electron chi connectivity index (χ3n) is 4.36. The van der Waals surface area contributed by atoms with Crippen LogP contribution < -0.4 is 4.90 Å². The molecular formula is C19H23ClN2O. The second-order valence-corrected chi connectivity index (χ2v) is 7.14. The van der Waals surface area contributed by atoms with E-state index in [9.17, 15) is 5.21 Å². The van der Waals surface area contributed by atoms with Gasteiger partial charge in [-0.15, -0.1) is 0 Å². The number of quaternary nitrogens is 1. The number of hydroxylamine groups is 3. The molecular weight excluding hydrogens is 308 g/mol. The number of benzene rings is 2. The third-order valence-corrected chi connectivity index (χ3v) is 4.60. The predicted octanol–water partition coefficient (Wildman–Crippen LogP) is 4.54. The molecule has 3 rings (SSSR count). The van der Waals surface area contributed by atoms with Gasteiger partial charge in [-0.05, 0) is 42.2 Å². The van der Waals surface area contributed by atoms with Crippen LogP contribution in [0, 0.1) is 5.21 Å². The topological polar surface area (TPSA) is 26.3 Å². The highest BCUT2D eigenvalue weighted by molar-refractivity contribution is 6.30. The number of nitrogens with zero attached hydrogens (tertiary/aromatic N) is 2. The summed E-state index contributed by atoms with van der Waals surface area (Å²) in [5, 5.41) is 12.6. The molecule has 2 aromatic rings. The Morgan fingerprint density at radius 2 is 1.74 bits per heavy atom. The molecule has 1 heterocycles. The maximum absolute atomic E-state index is 11.9. The van der Waals surface area contributed by atoms with Crippen LogP contribution in [0.3, 0.4) is 0 Å². The Morgan fingerprint density at radius 1 is 1.04 bits per heavy atom. The smallest absolute Gasteiger partial charge is 0.0797 e. The molecule has 0 aliphatic carbocycles. The minimum Gasteiger partial charge on any atom is -0.633 e. The minimum atomic E-state index is -0.252. The second kappa shape index (κ2) is 6.52. The van der Waals surface area contributed by atoms with Crippen molar-refractivity contribution in [3.8, 4) is 0 Å². The Morgan fingerprint density at radius 3 is 2.48 bits per heavy atom. The third kappa shape index (κ3) is 3.86. The van der Waals surface area contributed by atoms with Gasteiger partial charge in [-0.1, -0.05) is 35.9 Å². The summed E-state index contributed by atoms with van der Waals surface area (Å²) < 4.78 is -0.252. The zero-order valence-electron chi connectivity index (χ0n) is 13.8. The number of anilines is 2. The van der Waals surface area contributed by atoms with E-state index < -0.39 is 0 Å². The van der Waals surface area contributed by atoms with Gasteiger partial charge in [0, 0.05) is 29.4 Å². The van der Waals surface area contributed by atoms with Crippen LogP contribution >= 0.6 is 11.6 Å². The van der Waals surface area contributed by atoms with Crippen LogP contribution in [0.1, 0.15) is 17.5 Å². The van der Waals surface area contributed by atoms with Crippen molar-refractivity contribution in [1.82, 2.24) is 0 Å². The minimum absolute atomic E-state index is 0.252. The Hall–Kier alpha value is -1.55. The van der Waals surface area contributed by atoms with Crippen LogP contribution in [0.4, 0.5) is 11.4 Å². The summed E-state index contributed by atoms with van der Waals surface area (Å²) in [4.78, 5) is 2.33. The lowest BCUT2D eigenvalue weighted by atomic mass is 10.0. The molecule has 0 saturated carbocycles. The summed E-state index contributed by atoms with van der Waals surface area (Å²) in [6.07, 6.45) is 2.89. The number of fused-ring (bicyclic) bond motifs is 2. The van der Waals surface area contributed by atoms with Crippen LogP contribution in [0.2, 0.25) is 5.02 Å². The zero-order chi connectivity index (χ0) is 16.4. The van der Waals surface area contributed by atoms with E-state index in [4.69, 9.17) is 11.6 Å². The molecule has 1 aliphatic rings. The molecule has 2 aromatic carbocycles. The molecule has 1 aliphatic heterocycles. The summed E-state index contributed by atoms with van der Waals surface area (Å²) in [6.45, 7) is 1.43. The van der Waals surface area contributed by atoms with Crippen LogP contribution in [0.15, 0.2) is 42.5 Å². The highest BCUT2D eigenvalue weighted by Gasteiger charge is 2.20. The quantitative estimate of drug-likeness (QED) is 0.607. The summed E-state index contributed by atoms with van der Waals surface area (Å²) in [7, 11) is 3.39. The molecule has 0 amide bonds. The van der Waals surface area contributed by atoms with Crippen molar-refractivity contribution in [1.29, 1.82) is 0 Å². The lowest BCUT2D eigenvalue weighted by Gasteiger charge is -2.35. The summed E-state index contributed by atoms with van der Waals surface area (Å²) >= 11 is 6.25. The van der Waals surface area contributed by atoms with Gasteiger partial charge in [0.05, 0.1) is 20.6 Å². The molecule has 0 spiro atoms. The van der Waals surface area contributed by atoms with E-state index in [0.29, 0.717) is 6.54 Å². The fraction of sp³-hybridized carbons (Fsp3) is 0.368. The fourth-order valence-corrected chi connectivity index (χ4v) is 3.40. The van der Waals surface area contributed by atoms with Gasteiger partial charge in [0.15, 0.2) is 0 Å². The molecule has 0 atom stereocenters. The first kappa shape index (κ1) is 16.3. The Kier molecular flexibility index (Phi) is 4.62. The fourth-order valence-electron chi connectivity index (χ4n) is 3.23. The van der Waals surface area contributed by atoms with Crippen LogP contribution in [0.25, 0.3) is 0 Å². The number of hydrogen-bond acceptors (Lipinski definition) is 2. The van der Waals surface area contributed by atoms with E-state index in [1.807, 2.05) is 6.07 Å². The normalized spacial score (nSPS) is 14.2. The van der Waals surface area contributed by atoms with E-state index in [1.54, 1.807) is 14.1 Å². The number of para-hydroxylation sites is 1. The van der Waals surface area contributed by atoms with Crippen molar-refractivity contribution in [2.75, 3.05) is 32.1 Å². The standard InChI is InChI=1S/C19H23ClN2O/c1-22(2,23)13-5-12-21-18-7-4-3-6-15(18)8-9-16-10-11-17(20)14-19(16)21/h3-4,6-7,10-11,14H,5,8-9,12-13H2,1-2H3. The van der Waals surface area contributed by atoms with Crippen molar-refractivity contribution in [3.63, 3.8) is 0 Å². The van der Waals surface area contributed by atoms with Gasteiger partial charge in [-0.25, -0.2) is 0 Å². The molecule has 0 saturated heterocycles. The summed E-state index contributed by atoms with van der Waals surface area (Å²) in [6, 6.07) is 14.7. The van der Waals surface area contributed by atoms with Crippen molar-refractivity contribution in [2.45, 2.75) is 19.3 Å². The van der Waals surface area contributed by atoms with Crippen molar-refractivity contribution in [3.05, 3.63) is 63.8 Å². The zero-order valence-corrected chi connectivity index (χ0v) is 14.5. The molecule has 0 bridgehead atoms. The van der Waals surface area contributed by atoms with E-state index in [-0.39, 0.29) is 4.65 Å². The summed E-state index contributed by atoms with van der Waals surface area (Å²) in [5.41, 5.74) is 5.10. The largest absolute Gasteiger partial charge is 0.633 e. The highest BCUT2D eigenvalue weighted by atomic mass is 35.5. The van der Waals surface area contributed by atoms with Gasteiger partial charge in [0.2, 0.25) is 0 Å². The SMILES string of the molecule is C[N+](C)([O-])CCCN1c2ccccc2CCc2ccc(Cl)cc21. The average Bonchev–Trinajstić information content (AvgIpc) is 2.64. The molecule has 0 N–H and O–H groups in total. The van der Waals surface area contributed by atoms with Crippen molar-refractivity contribution in [2.24, 2.45) is 0 Å². The molecule has 4 heteroatoms. The number of aryl methyl sites for hydroxylation is 2. The van der Waals surface area contributed by atoms with Crippen molar-refractivity contribution < 1.29 is 4.65 Å². The second-order valence-electron chi connectivity index (χ2n) is 6.70. The van der Waals surface area contributed by atoms with E-state index >= 15 is 0 Å². The maximum atomic E-state index is 11.9. The first-order valence-electron chi connectivity index (χ1n) is 8.12. The Bertz CT molecular complexity index is 694. The summed E-state index contributed by atoms with van der Waals surface area (Å²) in [5.74, 6) is 0. The van der Waals surface area contributed by atoms with Crippen molar-refractivity contribution >= 4 is 23.0 Å². The number of hydrogen-bond donors (Lipinski definition) is 0. The Balaban J connectivity index is 1.96. The van der Waals surface area contributed by atoms with E-state index in [2.05, 4.69) is 41.3 Å². The van der Waals surface area contributed by atoms with Gasteiger partial charge >= 0.3 is 0 Å².